The van der Waals surface area contributed by atoms with E-state index in [-0.39, 0.29) is 6.10 Å². The van der Waals surface area contributed by atoms with E-state index in [2.05, 4.69) is 51.1 Å². The third kappa shape index (κ3) is 5.49. The minimum Gasteiger partial charge on any atom is -0.491 e. The van der Waals surface area contributed by atoms with Crippen LogP contribution < -0.4 is 9.47 Å². The third-order valence-electron chi connectivity index (χ3n) is 6.16. The molecule has 0 N–H and O–H groups in total. The molecule has 1 aliphatic heterocycles. The monoisotopic (exact) mass is 460 g/mol. The normalized spacial score (nSPS) is 16.9. The van der Waals surface area contributed by atoms with Crippen molar-refractivity contribution in [3.8, 4) is 22.6 Å². The highest BCUT2D eigenvalue weighted by Gasteiger charge is 2.33. The van der Waals surface area contributed by atoms with Crippen molar-refractivity contribution in [2.45, 2.75) is 53.1 Å². The topological polar surface area (TPSA) is 54.0 Å². The fourth-order valence-corrected chi connectivity index (χ4v) is 4.20. The molecular weight excluding hydrogens is 428 g/mol. The Morgan fingerprint density at radius 2 is 1.74 bits per heavy atom. The van der Waals surface area contributed by atoms with Gasteiger partial charge in [0.1, 0.15) is 37.1 Å². The van der Waals surface area contributed by atoms with E-state index < -0.39 is 5.79 Å². The van der Waals surface area contributed by atoms with E-state index >= 15 is 0 Å². The zero-order chi connectivity index (χ0) is 24.3. The molecule has 1 aliphatic rings. The van der Waals surface area contributed by atoms with Gasteiger partial charge in [0.2, 0.25) is 0 Å². The minimum atomic E-state index is -0.548. The number of carbonyl (C=O) groups is 1. The number of rotatable bonds is 8. The third-order valence-corrected chi connectivity index (χ3v) is 6.16. The predicted molar refractivity (Wildman–Crippen MR) is 133 cm³/mol. The van der Waals surface area contributed by atoms with E-state index in [9.17, 15) is 4.79 Å². The number of hydrogen-bond donors (Lipinski definition) is 0. The summed E-state index contributed by atoms with van der Waals surface area (Å²) >= 11 is 0. The van der Waals surface area contributed by atoms with Gasteiger partial charge in [-0.05, 0) is 104 Å². The van der Waals surface area contributed by atoms with Crippen LogP contribution in [0.5, 0.6) is 11.5 Å². The molecule has 1 atom stereocenters. The summed E-state index contributed by atoms with van der Waals surface area (Å²) in [6, 6.07) is 17.7. The molecule has 0 bridgehead atoms. The molecule has 0 radical (unpaired) electrons. The van der Waals surface area contributed by atoms with Crippen LogP contribution in [-0.4, -0.2) is 31.4 Å². The Kier molecular flexibility index (Phi) is 7.05. The fourth-order valence-electron chi connectivity index (χ4n) is 4.20. The molecule has 1 saturated heterocycles. The molecule has 0 aliphatic carbocycles. The molecule has 0 saturated carbocycles. The molecule has 3 aromatic rings. The maximum Gasteiger partial charge on any atom is 0.163 e. The zero-order valence-corrected chi connectivity index (χ0v) is 20.5. The highest BCUT2D eigenvalue weighted by atomic mass is 16.7. The summed E-state index contributed by atoms with van der Waals surface area (Å²) in [5.41, 5.74) is 7.53. The van der Waals surface area contributed by atoms with Crippen molar-refractivity contribution in [3.63, 3.8) is 0 Å². The predicted octanol–water partition coefficient (Wildman–Crippen LogP) is 6.20. The van der Waals surface area contributed by atoms with Crippen LogP contribution >= 0.6 is 0 Å². The fraction of sp³-hybridized carbons (Fsp3) is 0.345. The van der Waals surface area contributed by atoms with Crippen molar-refractivity contribution in [2.24, 2.45) is 0 Å². The van der Waals surface area contributed by atoms with E-state index in [1.807, 2.05) is 26.0 Å². The smallest absolute Gasteiger partial charge is 0.163 e. The molecule has 5 nitrogen and oxygen atoms in total. The average Bonchev–Trinajstić information content (AvgIpc) is 3.17. The van der Waals surface area contributed by atoms with Crippen LogP contribution in [0.25, 0.3) is 11.1 Å². The van der Waals surface area contributed by atoms with E-state index in [1.54, 1.807) is 12.1 Å². The van der Waals surface area contributed by atoms with E-state index in [4.69, 9.17) is 18.9 Å². The molecule has 178 valence electrons. The van der Waals surface area contributed by atoms with Gasteiger partial charge in [-0.25, -0.2) is 0 Å². The van der Waals surface area contributed by atoms with Gasteiger partial charge in [0, 0.05) is 5.56 Å². The second-order valence-corrected chi connectivity index (χ2v) is 9.26. The standard InChI is InChI=1S/C29H32O5/c1-19-14-28(32-17-25-18-33-29(4,5)34-25)20(2)13-27(19)26-8-6-7-23(21(26)3)16-31-24-11-9-22(15-30)10-12-24/h6-15,25H,16-18H2,1-5H3/t25-/m1/s1. The van der Waals surface area contributed by atoms with Gasteiger partial charge >= 0.3 is 0 Å². The van der Waals surface area contributed by atoms with Gasteiger partial charge in [-0.1, -0.05) is 18.2 Å². The highest BCUT2D eigenvalue weighted by molar-refractivity contribution is 5.75. The Morgan fingerprint density at radius 3 is 2.41 bits per heavy atom. The lowest BCUT2D eigenvalue weighted by molar-refractivity contribution is -0.141. The van der Waals surface area contributed by atoms with E-state index in [1.165, 1.54) is 16.7 Å². The Balaban J connectivity index is 1.48. The highest BCUT2D eigenvalue weighted by Crippen LogP contribution is 2.34. The lowest BCUT2D eigenvalue weighted by Crippen LogP contribution is -2.25. The van der Waals surface area contributed by atoms with Crippen LogP contribution in [0.1, 0.15) is 46.5 Å². The molecule has 0 spiro atoms. The summed E-state index contributed by atoms with van der Waals surface area (Å²) in [7, 11) is 0. The first kappa shape index (κ1) is 24.0. The SMILES string of the molecule is Cc1cc(-c2cccc(COc3ccc(C=O)cc3)c2C)c(C)cc1OC[C@@H]1COC(C)(C)O1. The maximum atomic E-state index is 10.8. The summed E-state index contributed by atoms with van der Waals surface area (Å²) in [4.78, 5) is 10.8. The molecule has 5 heteroatoms. The van der Waals surface area contributed by atoms with E-state index in [0.717, 1.165) is 34.5 Å². The van der Waals surface area contributed by atoms with Gasteiger partial charge in [-0.15, -0.1) is 0 Å². The van der Waals surface area contributed by atoms with Gasteiger partial charge in [-0.2, -0.15) is 0 Å². The quantitative estimate of drug-likeness (QED) is 0.375. The molecule has 0 amide bonds. The number of aryl methyl sites for hydroxylation is 2. The summed E-state index contributed by atoms with van der Waals surface area (Å²) in [6.07, 6.45) is 0.762. The second-order valence-electron chi connectivity index (χ2n) is 9.26. The first-order valence-electron chi connectivity index (χ1n) is 11.6. The Bertz CT molecular complexity index is 1160. The molecule has 1 heterocycles. The van der Waals surface area contributed by atoms with Crippen LogP contribution in [0.3, 0.4) is 0 Å². The maximum absolute atomic E-state index is 10.8. The number of ether oxygens (including phenoxy) is 4. The largest absolute Gasteiger partial charge is 0.491 e. The van der Waals surface area contributed by atoms with Crippen molar-refractivity contribution < 1.29 is 23.7 Å². The van der Waals surface area contributed by atoms with Crippen LogP contribution in [0, 0.1) is 20.8 Å². The lowest BCUT2D eigenvalue weighted by Gasteiger charge is -2.19. The zero-order valence-electron chi connectivity index (χ0n) is 20.5. The molecule has 0 unspecified atom stereocenters. The van der Waals surface area contributed by atoms with Gasteiger partial charge in [-0.3, -0.25) is 4.79 Å². The molecule has 34 heavy (non-hydrogen) atoms. The van der Waals surface area contributed by atoms with Crippen LogP contribution in [0.15, 0.2) is 54.6 Å². The lowest BCUT2D eigenvalue weighted by atomic mass is 9.92. The summed E-state index contributed by atoms with van der Waals surface area (Å²) in [6.45, 7) is 11.6. The van der Waals surface area contributed by atoms with Crippen molar-refractivity contribution in [1.29, 1.82) is 0 Å². The van der Waals surface area contributed by atoms with Crippen molar-refractivity contribution in [2.75, 3.05) is 13.2 Å². The van der Waals surface area contributed by atoms with Crippen molar-refractivity contribution in [1.82, 2.24) is 0 Å². The molecule has 1 fully saturated rings. The molecule has 0 aromatic heterocycles. The van der Waals surface area contributed by atoms with E-state index in [0.29, 0.717) is 25.4 Å². The molecular formula is C29H32O5. The number of carbonyl (C=O) groups excluding carboxylic acids is 1. The molecule has 3 aromatic carbocycles. The Morgan fingerprint density at radius 1 is 0.971 bits per heavy atom. The Hall–Kier alpha value is -3.15. The van der Waals surface area contributed by atoms with Gasteiger partial charge in [0.15, 0.2) is 5.79 Å². The average molecular weight is 461 g/mol. The van der Waals surface area contributed by atoms with Gasteiger partial charge < -0.3 is 18.9 Å². The summed E-state index contributed by atoms with van der Waals surface area (Å²) in [5.74, 6) is 1.06. The van der Waals surface area contributed by atoms with Gasteiger partial charge in [0.25, 0.3) is 0 Å². The van der Waals surface area contributed by atoms with Gasteiger partial charge in [0.05, 0.1) is 6.61 Å². The Labute approximate surface area is 201 Å². The van der Waals surface area contributed by atoms with Crippen molar-refractivity contribution in [3.05, 3.63) is 82.4 Å². The first-order valence-corrected chi connectivity index (χ1v) is 11.6. The first-order chi connectivity index (χ1) is 16.3. The second kappa shape index (κ2) is 10.00. The number of aldehydes is 1. The minimum absolute atomic E-state index is 0.0667. The summed E-state index contributed by atoms with van der Waals surface area (Å²) in [5, 5.41) is 0. The van der Waals surface area contributed by atoms with Crippen LogP contribution in [-0.2, 0) is 16.1 Å². The number of hydrogen-bond acceptors (Lipinski definition) is 5. The molecule has 4 rings (SSSR count). The number of benzene rings is 3. The van der Waals surface area contributed by atoms with Crippen molar-refractivity contribution >= 4 is 6.29 Å². The van der Waals surface area contributed by atoms with Crippen LogP contribution in [0.4, 0.5) is 0 Å². The van der Waals surface area contributed by atoms with Crippen LogP contribution in [0.2, 0.25) is 0 Å². The summed E-state index contributed by atoms with van der Waals surface area (Å²) < 4.78 is 23.6.